The summed E-state index contributed by atoms with van der Waals surface area (Å²) in [5.74, 6) is -0.509. The number of nitrogens with one attached hydrogen (secondary N) is 1. The molecule has 5 atom stereocenters. The van der Waals surface area contributed by atoms with Gasteiger partial charge >= 0.3 is 0 Å². The molecule has 1 aromatic rings. The highest BCUT2D eigenvalue weighted by Gasteiger charge is 2.46. The van der Waals surface area contributed by atoms with Gasteiger partial charge in [-0.2, -0.15) is 0 Å². The van der Waals surface area contributed by atoms with E-state index >= 15 is 0 Å². The highest BCUT2D eigenvalue weighted by atomic mass is 16.7. The second kappa shape index (κ2) is 6.93. The van der Waals surface area contributed by atoms with Crippen LogP contribution in [0.1, 0.15) is 6.92 Å². The van der Waals surface area contributed by atoms with Crippen LogP contribution in [0.15, 0.2) is 24.3 Å². The number of aromatic hydroxyl groups is 1. The quantitative estimate of drug-likeness (QED) is 0.468. The van der Waals surface area contributed by atoms with Crippen molar-refractivity contribution in [3.05, 3.63) is 24.3 Å². The van der Waals surface area contributed by atoms with Crippen LogP contribution in [0, 0.1) is 0 Å². The van der Waals surface area contributed by atoms with E-state index in [9.17, 15) is 25.2 Å². The van der Waals surface area contributed by atoms with E-state index in [2.05, 4.69) is 5.32 Å². The number of rotatable bonds is 4. The summed E-state index contributed by atoms with van der Waals surface area (Å²) in [5, 5.41) is 41.3. The lowest BCUT2D eigenvalue weighted by atomic mass is 9.97. The maximum absolute atomic E-state index is 11.3. The number of hydrogen-bond donors (Lipinski definition) is 5. The Morgan fingerprint density at radius 1 is 1.32 bits per heavy atom. The number of ether oxygens (including phenoxy) is 2. The molecule has 1 aliphatic heterocycles. The Balaban J connectivity index is 2.23. The Labute approximate surface area is 126 Å². The van der Waals surface area contributed by atoms with Crippen LogP contribution in [-0.4, -0.2) is 63.6 Å². The van der Waals surface area contributed by atoms with E-state index < -0.39 is 43.2 Å². The molecule has 3 unspecified atom stereocenters. The summed E-state index contributed by atoms with van der Waals surface area (Å²) < 4.78 is 10.9. The van der Waals surface area contributed by atoms with Gasteiger partial charge in [0.25, 0.3) is 0 Å². The number of para-hydroxylation sites is 2. The van der Waals surface area contributed by atoms with Gasteiger partial charge in [0.05, 0.1) is 6.61 Å². The summed E-state index contributed by atoms with van der Waals surface area (Å²) in [6.07, 6.45) is -5.04. The minimum absolute atomic E-state index is 0.0862. The fourth-order valence-corrected chi connectivity index (χ4v) is 2.25. The molecule has 8 nitrogen and oxygen atoms in total. The van der Waals surface area contributed by atoms with Crippen LogP contribution < -0.4 is 10.1 Å². The first-order chi connectivity index (χ1) is 10.4. The molecule has 8 heteroatoms. The van der Waals surface area contributed by atoms with Gasteiger partial charge in [0.1, 0.15) is 24.4 Å². The van der Waals surface area contributed by atoms with E-state index in [1.165, 1.54) is 19.1 Å². The van der Waals surface area contributed by atoms with E-state index in [0.29, 0.717) is 0 Å². The van der Waals surface area contributed by atoms with E-state index in [4.69, 9.17) is 9.47 Å². The molecule has 122 valence electrons. The molecule has 1 saturated heterocycles. The summed E-state index contributed by atoms with van der Waals surface area (Å²) in [6, 6.07) is 5.05. The highest BCUT2D eigenvalue weighted by molar-refractivity contribution is 5.73. The minimum atomic E-state index is -1.40. The summed E-state index contributed by atoms with van der Waals surface area (Å²) in [5.41, 5.74) is 0. The Morgan fingerprint density at radius 2 is 2.00 bits per heavy atom. The molecule has 0 radical (unpaired) electrons. The molecule has 0 saturated carbocycles. The Morgan fingerprint density at radius 3 is 2.59 bits per heavy atom. The Bertz CT molecular complexity index is 524. The molecule has 1 aromatic carbocycles. The molecule has 1 amide bonds. The normalized spacial score (nSPS) is 31.5. The smallest absolute Gasteiger partial charge is 0.223 e. The average molecular weight is 313 g/mol. The maximum Gasteiger partial charge on any atom is 0.223 e. The Kier molecular flexibility index (Phi) is 5.19. The second-order valence-corrected chi connectivity index (χ2v) is 5.02. The molecular formula is C14H19NO7. The first kappa shape index (κ1) is 16.5. The van der Waals surface area contributed by atoms with Crippen molar-refractivity contribution in [2.75, 3.05) is 6.61 Å². The van der Waals surface area contributed by atoms with Gasteiger partial charge in [-0.25, -0.2) is 0 Å². The molecule has 1 heterocycles. The molecule has 1 fully saturated rings. The number of phenols is 1. The van der Waals surface area contributed by atoms with Crippen LogP contribution in [0.5, 0.6) is 11.5 Å². The fourth-order valence-electron chi connectivity index (χ4n) is 2.25. The standard InChI is InChI=1S/C14H19NO7/c1-7(17)15-11-13(20)12(19)10(6-16)22-14(11)21-9-5-3-2-4-8(9)18/h2-5,10-14,16,18-20H,6H2,1H3,(H,15,17)/t10-,11+,12?,13?,14?/m1/s1. The third kappa shape index (κ3) is 3.47. The number of phenolic OH excluding ortho intramolecular Hbond substituents is 1. The van der Waals surface area contributed by atoms with Crippen LogP contribution in [0.4, 0.5) is 0 Å². The molecule has 0 bridgehead atoms. The first-order valence-electron chi connectivity index (χ1n) is 6.78. The average Bonchev–Trinajstić information content (AvgIpc) is 2.48. The van der Waals surface area contributed by atoms with Crippen LogP contribution >= 0.6 is 0 Å². The minimum Gasteiger partial charge on any atom is -0.504 e. The van der Waals surface area contributed by atoms with Crippen LogP contribution in [-0.2, 0) is 9.53 Å². The van der Waals surface area contributed by atoms with Gasteiger partial charge in [-0.3, -0.25) is 4.79 Å². The van der Waals surface area contributed by atoms with Crippen molar-refractivity contribution < 1.29 is 34.7 Å². The molecule has 0 aromatic heterocycles. The van der Waals surface area contributed by atoms with E-state index in [1.54, 1.807) is 12.1 Å². The number of carbonyl (C=O) groups excluding carboxylic acids is 1. The predicted octanol–water partition coefficient (Wildman–Crippen LogP) is -1.29. The summed E-state index contributed by atoms with van der Waals surface area (Å²) in [6.45, 7) is 0.708. The molecule has 0 spiro atoms. The lowest BCUT2D eigenvalue weighted by Gasteiger charge is -2.42. The molecule has 0 aliphatic carbocycles. The Hall–Kier alpha value is -1.87. The van der Waals surface area contributed by atoms with E-state index in [-0.39, 0.29) is 11.5 Å². The molecular weight excluding hydrogens is 294 g/mol. The van der Waals surface area contributed by atoms with Gasteiger partial charge in [0.15, 0.2) is 11.5 Å². The summed E-state index contributed by atoms with van der Waals surface area (Å²) in [4.78, 5) is 11.3. The number of benzene rings is 1. The fraction of sp³-hybridized carbons (Fsp3) is 0.500. The number of amides is 1. The van der Waals surface area contributed by atoms with Crippen LogP contribution in [0.3, 0.4) is 0 Å². The molecule has 1 aliphatic rings. The second-order valence-electron chi connectivity index (χ2n) is 5.02. The van der Waals surface area contributed by atoms with Gasteiger partial charge in [0.2, 0.25) is 12.2 Å². The summed E-state index contributed by atoms with van der Waals surface area (Å²) >= 11 is 0. The van der Waals surface area contributed by atoms with Crippen molar-refractivity contribution in [3.8, 4) is 11.5 Å². The number of carbonyl (C=O) groups is 1. The van der Waals surface area contributed by atoms with Gasteiger partial charge in [-0.1, -0.05) is 12.1 Å². The van der Waals surface area contributed by atoms with Gasteiger partial charge in [0, 0.05) is 6.92 Å². The number of aliphatic hydroxyl groups is 3. The summed E-state index contributed by atoms with van der Waals surface area (Å²) in [7, 11) is 0. The van der Waals surface area contributed by atoms with Gasteiger partial charge < -0.3 is 35.2 Å². The topological polar surface area (TPSA) is 128 Å². The third-order valence-electron chi connectivity index (χ3n) is 3.36. The van der Waals surface area contributed by atoms with Crippen LogP contribution in [0.2, 0.25) is 0 Å². The zero-order valence-corrected chi connectivity index (χ0v) is 11.9. The number of aliphatic hydroxyl groups excluding tert-OH is 3. The third-order valence-corrected chi connectivity index (χ3v) is 3.36. The highest BCUT2D eigenvalue weighted by Crippen LogP contribution is 2.29. The van der Waals surface area contributed by atoms with E-state index in [1.807, 2.05) is 0 Å². The van der Waals surface area contributed by atoms with Crippen molar-refractivity contribution in [2.45, 2.75) is 37.6 Å². The van der Waals surface area contributed by atoms with Crippen molar-refractivity contribution in [2.24, 2.45) is 0 Å². The maximum atomic E-state index is 11.3. The van der Waals surface area contributed by atoms with Crippen molar-refractivity contribution in [1.82, 2.24) is 5.32 Å². The lowest BCUT2D eigenvalue weighted by Crippen LogP contribution is -2.65. The van der Waals surface area contributed by atoms with E-state index in [0.717, 1.165) is 0 Å². The lowest BCUT2D eigenvalue weighted by molar-refractivity contribution is -0.244. The predicted molar refractivity (Wildman–Crippen MR) is 74.1 cm³/mol. The van der Waals surface area contributed by atoms with Crippen molar-refractivity contribution in [3.63, 3.8) is 0 Å². The molecule has 22 heavy (non-hydrogen) atoms. The zero-order chi connectivity index (χ0) is 16.3. The SMILES string of the molecule is CC(=O)N[C@@H]1C(Oc2ccccc2O)O[C@H](CO)C(O)C1O. The first-order valence-corrected chi connectivity index (χ1v) is 6.78. The van der Waals surface area contributed by atoms with Gasteiger partial charge in [-0.15, -0.1) is 0 Å². The largest absolute Gasteiger partial charge is 0.504 e. The molecule has 2 rings (SSSR count). The van der Waals surface area contributed by atoms with Gasteiger partial charge in [-0.05, 0) is 12.1 Å². The number of hydrogen-bond acceptors (Lipinski definition) is 7. The van der Waals surface area contributed by atoms with Crippen molar-refractivity contribution in [1.29, 1.82) is 0 Å². The molecule has 5 N–H and O–H groups in total. The van der Waals surface area contributed by atoms with Crippen molar-refractivity contribution >= 4 is 5.91 Å². The zero-order valence-electron chi connectivity index (χ0n) is 11.9. The monoisotopic (exact) mass is 313 g/mol. The van der Waals surface area contributed by atoms with Crippen LogP contribution in [0.25, 0.3) is 0 Å².